The average Bonchev–Trinajstić information content (AvgIpc) is 2.12. The van der Waals surface area contributed by atoms with E-state index in [1.807, 2.05) is 0 Å². The fourth-order valence-electron chi connectivity index (χ4n) is 1.33. The fourth-order valence-corrected chi connectivity index (χ4v) is 1.33. The zero-order valence-corrected chi connectivity index (χ0v) is 7.20. The summed E-state index contributed by atoms with van der Waals surface area (Å²) in [4.78, 5) is 0. The molecule has 13 heavy (non-hydrogen) atoms. The van der Waals surface area contributed by atoms with E-state index in [0.29, 0.717) is 0 Å². The first-order valence-electron chi connectivity index (χ1n) is 3.95. The van der Waals surface area contributed by atoms with Gasteiger partial charge in [-0.15, -0.1) is 0 Å². The lowest BCUT2D eigenvalue weighted by molar-refractivity contribution is -0.291. The SMILES string of the molecule is COC1C(O)OC(CO)[C@@H](O)C1O. The van der Waals surface area contributed by atoms with Crippen LogP contribution in [0.5, 0.6) is 0 Å². The van der Waals surface area contributed by atoms with Crippen molar-refractivity contribution in [2.75, 3.05) is 13.7 Å². The molecule has 78 valence electrons. The van der Waals surface area contributed by atoms with Gasteiger partial charge in [-0.1, -0.05) is 0 Å². The van der Waals surface area contributed by atoms with E-state index in [-0.39, 0.29) is 0 Å². The molecule has 0 amide bonds. The molecule has 0 bridgehead atoms. The van der Waals surface area contributed by atoms with Crippen LogP contribution in [0.1, 0.15) is 0 Å². The molecule has 0 radical (unpaired) electrons. The maximum absolute atomic E-state index is 9.38. The second kappa shape index (κ2) is 4.32. The Balaban J connectivity index is 2.66. The first kappa shape index (κ1) is 10.8. The Morgan fingerprint density at radius 2 is 1.85 bits per heavy atom. The van der Waals surface area contributed by atoms with Gasteiger partial charge in [-0.3, -0.25) is 0 Å². The lowest BCUT2D eigenvalue weighted by atomic mass is 9.99. The summed E-state index contributed by atoms with van der Waals surface area (Å²) in [5.74, 6) is 0. The van der Waals surface area contributed by atoms with Crippen LogP contribution in [0.4, 0.5) is 0 Å². The van der Waals surface area contributed by atoms with Crippen molar-refractivity contribution in [2.24, 2.45) is 0 Å². The van der Waals surface area contributed by atoms with E-state index in [2.05, 4.69) is 0 Å². The summed E-state index contributed by atoms with van der Waals surface area (Å²) in [5, 5.41) is 36.7. The van der Waals surface area contributed by atoms with Crippen LogP contribution in [-0.4, -0.2) is 64.8 Å². The van der Waals surface area contributed by atoms with Gasteiger partial charge in [0.25, 0.3) is 0 Å². The van der Waals surface area contributed by atoms with Gasteiger partial charge in [0.1, 0.15) is 24.4 Å². The van der Waals surface area contributed by atoms with Gasteiger partial charge in [0.05, 0.1) is 6.61 Å². The molecule has 1 saturated heterocycles. The standard InChI is InChI=1S/C7H14O6/c1-12-6-5(10)4(9)3(2-8)13-7(6)11/h3-11H,2H2,1H3/t3?,4-,5?,6?,7?/m1/s1. The first-order valence-corrected chi connectivity index (χ1v) is 3.95. The van der Waals surface area contributed by atoms with Gasteiger partial charge in [-0.25, -0.2) is 0 Å². The molecule has 0 aromatic rings. The van der Waals surface area contributed by atoms with Crippen LogP contribution in [0.3, 0.4) is 0 Å². The van der Waals surface area contributed by atoms with Crippen LogP contribution in [0.25, 0.3) is 0 Å². The number of aliphatic hydroxyl groups is 4. The normalized spacial score (nSPS) is 46.4. The van der Waals surface area contributed by atoms with Gasteiger partial charge in [0.2, 0.25) is 0 Å². The van der Waals surface area contributed by atoms with E-state index < -0.39 is 37.3 Å². The van der Waals surface area contributed by atoms with Gasteiger partial charge in [0.15, 0.2) is 6.29 Å². The minimum atomic E-state index is -1.33. The molecular formula is C7H14O6. The number of aliphatic hydroxyl groups excluding tert-OH is 4. The van der Waals surface area contributed by atoms with E-state index in [9.17, 15) is 15.3 Å². The van der Waals surface area contributed by atoms with E-state index in [1.54, 1.807) is 0 Å². The fraction of sp³-hybridized carbons (Fsp3) is 1.00. The smallest absolute Gasteiger partial charge is 0.184 e. The molecule has 1 aliphatic heterocycles. The number of rotatable bonds is 2. The molecule has 1 heterocycles. The number of hydrogen-bond acceptors (Lipinski definition) is 6. The van der Waals surface area contributed by atoms with E-state index in [1.165, 1.54) is 7.11 Å². The van der Waals surface area contributed by atoms with Gasteiger partial charge >= 0.3 is 0 Å². The highest BCUT2D eigenvalue weighted by atomic mass is 16.7. The summed E-state index contributed by atoms with van der Waals surface area (Å²) in [6.07, 6.45) is -5.81. The van der Waals surface area contributed by atoms with Crippen molar-refractivity contribution in [1.29, 1.82) is 0 Å². The molecule has 4 N–H and O–H groups in total. The lowest BCUT2D eigenvalue weighted by Crippen LogP contribution is -2.59. The molecule has 6 heteroatoms. The van der Waals surface area contributed by atoms with Gasteiger partial charge < -0.3 is 29.9 Å². The molecule has 1 aliphatic rings. The Labute approximate surface area is 75.3 Å². The van der Waals surface area contributed by atoms with Gasteiger partial charge in [0, 0.05) is 7.11 Å². The van der Waals surface area contributed by atoms with Crippen LogP contribution in [0.2, 0.25) is 0 Å². The van der Waals surface area contributed by atoms with Crippen molar-refractivity contribution in [1.82, 2.24) is 0 Å². The highest BCUT2D eigenvalue weighted by Crippen LogP contribution is 2.21. The second-order valence-electron chi connectivity index (χ2n) is 2.93. The van der Waals surface area contributed by atoms with Crippen LogP contribution < -0.4 is 0 Å². The summed E-state index contributed by atoms with van der Waals surface area (Å²) < 4.78 is 9.50. The molecule has 0 aliphatic carbocycles. The molecule has 1 rings (SSSR count). The predicted octanol–water partition coefficient (Wildman–Crippen LogP) is -2.57. The minimum Gasteiger partial charge on any atom is -0.394 e. The molecular weight excluding hydrogens is 180 g/mol. The van der Waals surface area contributed by atoms with Crippen molar-refractivity contribution in [3.05, 3.63) is 0 Å². The quantitative estimate of drug-likeness (QED) is 0.386. The molecule has 4 unspecified atom stereocenters. The highest BCUT2D eigenvalue weighted by Gasteiger charge is 2.43. The third kappa shape index (κ3) is 1.98. The zero-order chi connectivity index (χ0) is 10.0. The second-order valence-corrected chi connectivity index (χ2v) is 2.93. The third-order valence-corrected chi connectivity index (χ3v) is 2.11. The molecule has 0 spiro atoms. The number of ether oxygens (including phenoxy) is 2. The third-order valence-electron chi connectivity index (χ3n) is 2.11. The van der Waals surface area contributed by atoms with E-state index in [0.717, 1.165) is 0 Å². The summed E-state index contributed by atoms with van der Waals surface area (Å²) in [7, 11) is 1.28. The summed E-state index contributed by atoms with van der Waals surface area (Å²) >= 11 is 0. The first-order chi connectivity index (χ1) is 6.11. The Bertz CT molecular complexity index is 163. The Kier molecular flexibility index (Phi) is 3.60. The van der Waals surface area contributed by atoms with Crippen LogP contribution in [-0.2, 0) is 9.47 Å². The monoisotopic (exact) mass is 194 g/mol. The number of methoxy groups -OCH3 is 1. The van der Waals surface area contributed by atoms with Crippen molar-refractivity contribution in [2.45, 2.75) is 30.7 Å². The lowest BCUT2D eigenvalue weighted by Gasteiger charge is -2.39. The zero-order valence-electron chi connectivity index (χ0n) is 7.20. The Morgan fingerprint density at radius 3 is 2.31 bits per heavy atom. The molecule has 0 aromatic heterocycles. The molecule has 6 nitrogen and oxygen atoms in total. The Morgan fingerprint density at radius 1 is 1.23 bits per heavy atom. The van der Waals surface area contributed by atoms with Crippen molar-refractivity contribution in [3.63, 3.8) is 0 Å². The maximum Gasteiger partial charge on any atom is 0.184 e. The van der Waals surface area contributed by atoms with Crippen LogP contribution in [0, 0.1) is 0 Å². The summed E-state index contributed by atoms with van der Waals surface area (Å²) in [6.45, 7) is -0.467. The topological polar surface area (TPSA) is 99.4 Å². The van der Waals surface area contributed by atoms with Crippen LogP contribution in [0.15, 0.2) is 0 Å². The average molecular weight is 194 g/mol. The largest absolute Gasteiger partial charge is 0.394 e. The summed E-state index contributed by atoms with van der Waals surface area (Å²) in [5.41, 5.74) is 0. The molecule has 0 aromatic carbocycles. The maximum atomic E-state index is 9.38. The van der Waals surface area contributed by atoms with Gasteiger partial charge in [-0.05, 0) is 0 Å². The van der Waals surface area contributed by atoms with Crippen molar-refractivity contribution < 1.29 is 29.9 Å². The van der Waals surface area contributed by atoms with Gasteiger partial charge in [-0.2, -0.15) is 0 Å². The van der Waals surface area contributed by atoms with Crippen molar-refractivity contribution >= 4 is 0 Å². The minimum absolute atomic E-state index is 0.467. The highest BCUT2D eigenvalue weighted by molar-refractivity contribution is 4.88. The molecule has 1 fully saturated rings. The van der Waals surface area contributed by atoms with Crippen molar-refractivity contribution in [3.8, 4) is 0 Å². The van der Waals surface area contributed by atoms with E-state index in [4.69, 9.17) is 14.6 Å². The molecule has 0 saturated carbocycles. The Hall–Kier alpha value is -0.240. The summed E-state index contributed by atoms with van der Waals surface area (Å²) in [6, 6.07) is 0. The van der Waals surface area contributed by atoms with Crippen LogP contribution >= 0.6 is 0 Å². The predicted molar refractivity (Wildman–Crippen MR) is 40.8 cm³/mol. The van der Waals surface area contributed by atoms with E-state index >= 15 is 0 Å². The molecule has 5 atom stereocenters. The number of hydrogen-bond donors (Lipinski definition) is 4.